The summed E-state index contributed by atoms with van der Waals surface area (Å²) >= 11 is 0. The Bertz CT molecular complexity index is 163. The highest BCUT2D eigenvalue weighted by molar-refractivity contribution is 5.89. The number of allylic oxidation sites excluding steroid dienone is 2. The van der Waals surface area contributed by atoms with Crippen LogP contribution in [0.2, 0.25) is 0 Å². The monoisotopic (exact) mass is 136 g/mol. The van der Waals surface area contributed by atoms with Crippen molar-refractivity contribution in [3.63, 3.8) is 0 Å². The lowest BCUT2D eigenvalue weighted by Crippen LogP contribution is -2.11. The summed E-state index contributed by atoms with van der Waals surface area (Å²) in [6.07, 6.45) is 8.91. The second-order valence-corrected chi connectivity index (χ2v) is 3.28. The van der Waals surface area contributed by atoms with Crippen molar-refractivity contribution in [1.29, 1.82) is 0 Å². The van der Waals surface area contributed by atoms with Crippen LogP contribution >= 0.6 is 0 Å². The van der Waals surface area contributed by atoms with Crippen LogP contribution in [0.3, 0.4) is 0 Å². The second kappa shape index (κ2) is 2.22. The summed E-state index contributed by atoms with van der Waals surface area (Å²) in [7, 11) is 0. The van der Waals surface area contributed by atoms with Crippen LogP contribution < -0.4 is 0 Å². The van der Waals surface area contributed by atoms with Gasteiger partial charge in [-0.25, -0.2) is 0 Å². The minimum atomic E-state index is 0.299. The number of hydrogen-bond acceptors (Lipinski definition) is 1. The molecule has 0 aromatic heterocycles. The van der Waals surface area contributed by atoms with Crippen LogP contribution in [-0.2, 0) is 4.79 Å². The third-order valence-corrected chi connectivity index (χ3v) is 2.59. The minimum absolute atomic E-state index is 0.299. The van der Waals surface area contributed by atoms with Gasteiger partial charge in [-0.15, -0.1) is 0 Å². The lowest BCUT2D eigenvalue weighted by molar-refractivity contribution is -0.122. The van der Waals surface area contributed by atoms with E-state index < -0.39 is 0 Å². The molecule has 2 aliphatic rings. The minimum Gasteiger partial charge on any atom is -0.298 e. The van der Waals surface area contributed by atoms with Gasteiger partial charge in [-0.3, -0.25) is 4.79 Å². The smallest absolute Gasteiger partial charge is 0.146 e. The van der Waals surface area contributed by atoms with Crippen LogP contribution in [0.5, 0.6) is 0 Å². The van der Waals surface area contributed by atoms with Gasteiger partial charge in [-0.1, -0.05) is 25.0 Å². The molecule has 0 N–H and O–H groups in total. The zero-order valence-corrected chi connectivity index (χ0v) is 6.05. The Kier molecular flexibility index (Phi) is 1.37. The average Bonchev–Trinajstić information content (AvgIpc) is 2.06. The fourth-order valence-corrected chi connectivity index (χ4v) is 1.94. The van der Waals surface area contributed by atoms with Crippen LogP contribution in [-0.4, -0.2) is 5.78 Å². The van der Waals surface area contributed by atoms with E-state index in [4.69, 9.17) is 0 Å². The lowest BCUT2D eigenvalue weighted by Gasteiger charge is -2.02. The van der Waals surface area contributed by atoms with E-state index in [0.29, 0.717) is 17.6 Å². The van der Waals surface area contributed by atoms with E-state index >= 15 is 0 Å². The fourth-order valence-electron chi connectivity index (χ4n) is 1.94. The van der Waals surface area contributed by atoms with Gasteiger partial charge < -0.3 is 0 Å². The normalized spacial score (nSPS) is 38.2. The summed E-state index contributed by atoms with van der Waals surface area (Å²) in [5, 5.41) is 0. The van der Waals surface area contributed by atoms with Crippen LogP contribution in [0, 0.1) is 11.8 Å². The van der Waals surface area contributed by atoms with Crippen molar-refractivity contribution < 1.29 is 4.79 Å². The third-order valence-electron chi connectivity index (χ3n) is 2.59. The van der Waals surface area contributed by atoms with Crippen molar-refractivity contribution in [2.24, 2.45) is 11.8 Å². The molecule has 1 heteroatoms. The third kappa shape index (κ3) is 0.808. The first-order chi connectivity index (χ1) is 4.88. The number of hydrogen-bond donors (Lipinski definition) is 0. The molecule has 2 bridgehead atoms. The maximum absolute atomic E-state index is 11.3. The quantitative estimate of drug-likeness (QED) is 0.465. The molecular weight excluding hydrogens is 124 g/mol. The van der Waals surface area contributed by atoms with Crippen LogP contribution in [0.1, 0.15) is 25.7 Å². The molecule has 1 saturated carbocycles. The molecule has 0 radical (unpaired) electrons. The summed E-state index contributed by atoms with van der Waals surface area (Å²) in [4.78, 5) is 11.3. The highest BCUT2D eigenvalue weighted by Crippen LogP contribution is 2.31. The van der Waals surface area contributed by atoms with Gasteiger partial charge in [0.2, 0.25) is 0 Å². The van der Waals surface area contributed by atoms with Crippen molar-refractivity contribution in [1.82, 2.24) is 0 Å². The van der Waals surface area contributed by atoms with E-state index in [2.05, 4.69) is 12.2 Å². The molecule has 1 nitrogen and oxygen atoms in total. The molecule has 0 aromatic rings. The van der Waals surface area contributed by atoms with Crippen molar-refractivity contribution in [3.8, 4) is 0 Å². The van der Waals surface area contributed by atoms with Crippen molar-refractivity contribution in [3.05, 3.63) is 12.2 Å². The molecule has 2 atom stereocenters. The first-order valence-corrected chi connectivity index (χ1v) is 4.10. The number of fused-ring (bicyclic) bond motifs is 2. The summed E-state index contributed by atoms with van der Waals surface area (Å²) in [6, 6.07) is 0. The van der Waals surface area contributed by atoms with Crippen LogP contribution in [0.15, 0.2) is 12.2 Å². The van der Waals surface area contributed by atoms with E-state index in [0.717, 1.165) is 12.8 Å². The molecule has 0 aliphatic heterocycles. The standard InChI is InChI=1S/C9H12O/c10-9-7-3-1-2-4-8(9)6-5-7/h5-8H,1-4H2. The predicted octanol–water partition coefficient (Wildman–Crippen LogP) is 1.93. The number of ketones is 1. The van der Waals surface area contributed by atoms with Gasteiger partial charge in [-0.05, 0) is 12.8 Å². The largest absolute Gasteiger partial charge is 0.298 e. The number of carbonyl (C=O) groups excluding carboxylic acids is 1. The molecule has 0 aromatic carbocycles. The Balaban J connectivity index is 2.22. The SMILES string of the molecule is O=C1C2C=CC1CCCC2. The van der Waals surface area contributed by atoms with Crippen LogP contribution in [0.25, 0.3) is 0 Å². The first-order valence-electron chi connectivity index (χ1n) is 4.10. The Morgan fingerprint density at radius 2 is 1.60 bits per heavy atom. The molecular formula is C9H12O. The van der Waals surface area contributed by atoms with Gasteiger partial charge in [0, 0.05) is 11.8 Å². The van der Waals surface area contributed by atoms with Gasteiger partial charge in [-0.2, -0.15) is 0 Å². The maximum atomic E-state index is 11.3. The molecule has 0 heterocycles. The number of Topliss-reactive ketones (excluding diaryl/α,β-unsaturated/α-hetero) is 1. The molecule has 2 aliphatic carbocycles. The van der Waals surface area contributed by atoms with E-state index in [1.54, 1.807) is 0 Å². The Morgan fingerprint density at radius 3 is 2.10 bits per heavy atom. The molecule has 0 saturated heterocycles. The summed E-state index contributed by atoms with van der Waals surface area (Å²) < 4.78 is 0. The molecule has 0 spiro atoms. The van der Waals surface area contributed by atoms with Gasteiger partial charge in [0.1, 0.15) is 5.78 Å². The molecule has 0 amide bonds. The highest BCUT2D eigenvalue weighted by Gasteiger charge is 2.30. The van der Waals surface area contributed by atoms with Crippen molar-refractivity contribution in [2.75, 3.05) is 0 Å². The molecule has 2 unspecified atom stereocenters. The zero-order valence-electron chi connectivity index (χ0n) is 6.05. The van der Waals surface area contributed by atoms with Crippen LogP contribution in [0.4, 0.5) is 0 Å². The van der Waals surface area contributed by atoms with E-state index in [-0.39, 0.29) is 0 Å². The summed E-state index contributed by atoms with van der Waals surface area (Å²) in [5.74, 6) is 1.08. The Hall–Kier alpha value is -0.590. The van der Waals surface area contributed by atoms with Gasteiger partial charge >= 0.3 is 0 Å². The number of carbonyl (C=O) groups is 1. The molecule has 10 heavy (non-hydrogen) atoms. The summed E-state index contributed by atoms with van der Waals surface area (Å²) in [6.45, 7) is 0. The highest BCUT2D eigenvalue weighted by atomic mass is 16.1. The van der Waals surface area contributed by atoms with E-state index in [1.807, 2.05) is 0 Å². The number of rotatable bonds is 0. The molecule has 1 fully saturated rings. The van der Waals surface area contributed by atoms with Crippen molar-refractivity contribution in [2.45, 2.75) is 25.7 Å². The predicted molar refractivity (Wildman–Crippen MR) is 39.6 cm³/mol. The average molecular weight is 136 g/mol. The Labute approximate surface area is 61.1 Å². The van der Waals surface area contributed by atoms with Gasteiger partial charge in [0.15, 0.2) is 0 Å². The maximum Gasteiger partial charge on any atom is 0.146 e. The summed E-state index contributed by atoms with van der Waals surface area (Å²) in [5.41, 5.74) is 0. The zero-order chi connectivity index (χ0) is 6.97. The van der Waals surface area contributed by atoms with E-state index in [9.17, 15) is 4.79 Å². The second-order valence-electron chi connectivity index (χ2n) is 3.28. The fraction of sp³-hybridized carbons (Fsp3) is 0.667. The lowest BCUT2D eigenvalue weighted by atomic mass is 10.0. The van der Waals surface area contributed by atoms with Gasteiger partial charge in [0.05, 0.1) is 0 Å². The Morgan fingerprint density at radius 1 is 1.10 bits per heavy atom. The van der Waals surface area contributed by atoms with Gasteiger partial charge in [0.25, 0.3) is 0 Å². The van der Waals surface area contributed by atoms with E-state index in [1.165, 1.54) is 12.8 Å². The molecule has 54 valence electrons. The van der Waals surface area contributed by atoms with Crippen molar-refractivity contribution >= 4 is 5.78 Å². The topological polar surface area (TPSA) is 17.1 Å². The first kappa shape index (κ1) is 6.14. The molecule has 2 rings (SSSR count).